The van der Waals surface area contributed by atoms with Crippen molar-refractivity contribution in [2.75, 3.05) is 6.61 Å². The van der Waals surface area contributed by atoms with Crippen molar-refractivity contribution in [1.82, 2.24) is 0 Å². The Morgan fingerprint density at radius 3 is 1.32 bits per heavy atom. The van der Waals surface area contributed by atoms with Crippen LogP contribution >= 0.6 is 0 Å². The number of hydrogen-bond donors (Lipinski definition) is 2. The zero-order chi connectivity index (χ0) is 25.3. The van der Waals surface area contributed by atoms with Crippen LogP contribution in [-0.2, 0) is 14.3 Å². The highest BCUT2D eigenvalue weighted by atomic mass is 16.6. The number of carbonyl (C=O) groups excluding carboxylic acids is 2. The van der Waals surface area contributed by atoms with E-state index in [9.17, 15) is 19.8 Å². The fraction of sp³-hybridized carbons (Fsp3) is 0.931. The van der Waals surface area contributed by atoms with Gasteiger partial charge in [-0.15, -0.1) is 0 Å². The standard InChI is InChI=1S/C29H56O5/c1-3-5-7-9-11-12-13-14-15-16-18-19-21-23-26(31)29(33)27(25-30)34-28(32)24-22-20-17-10-8-6-4-2/h27,29-30,33H,3-25H2,1-2H3. The third-order valence-electron chi connectivity index (χ3n) is 6.66. The number of rotatable bonds is 26. The number of hydrogen-bond acceptors (Lipinski definition) is 5. The second kappa shape index (κ2) is 25.2. The van der Waals surface area contributed by atoms with Crippen molar-refractivity contribution in [3.8, 4) is 0 Å². The summed E-state index contributed by atoms with van der Waals surface area (Å²) < 4.78 is 5.19. The SMILES string of the molecule is CCCCCCCCCCCCCCCC(=O)C(O)C(CO)OC(=O)CCCCCCCCC. The minimum atomic E-state index is -1.43. The Hall–Kier alpha value is -0.940. The number of Topliss-reactive ketones (excluding diaryl/α,β-unsaturated/α-hetero) is 1. The van der Waals surface area contributed by atoms with Crippen molar-refractivity contribution in [2.24, 2.45) is 0 Å². The summed E-state index contributed by atoms with van der Waals surface area (Å²) >= 11 is 0. The molecule has 0 aliphatic rings. The number of carbonyl (C=O) groups is 2. The van der Waals surface area contributed by atoms with E-state index in [4.69, 9.17) is 4.74 Å². The van der Waals surface area contributed by atoms with Crippen LogP contribution < -0.4 is 0 Å². The highest BCUT2D eigenvalue weighted by molar-refractivity contribution is 5.83. The lowest BCUT2D eigenvalue weighted by atomic mass is 10.0. The molecule has 0 rings (SSSR count). The van der Waals surface area contributed by atoms with E-state index in [0.29, 0.717) is 0 Å². The fourth-order valence-corrected chi connectivity index (χ4v) is 4.33. The van der Waals surface area contributed by atoms with E-state index in [0.717, 1.165) is 38.5 Å². The Morgan fingerprint density at radius 2 is 0.941 bits per heavy atom. The number of aliphatic hydroxyl groups excluding tert-OH is 2. The summed E-state index contributed by atoms with van der Waals surface area (Å²) in [7, 11) is 0. The Bertz CT molecular complexity index is 465. The molecule has 0 fully saturated rings. The van der Waals surface area contributed by atoms with Crippen LogP contribution in [0.25, 0.3) is 0 Å². The molecule has 0 heterocycles. The molecule has 0 aliphatic heterocycles. The molecular formula is C29H56O5. The third kappa shape index (κ3) is 20.4. The van der Waals surface area contributed by atoms with Crippen LogP contribution in [0.15, 0.2) is 0 Å². The largest absolute Gasteiger partial charge is 0.457 e. The monoisotopic (exact) mass is 484 g/mol. The molecule has 2 N–H and O–H groups in total. The Kier molecular flexibility index (Phi) is 24.5. The predicted molar refractivity (Wildman–Crippen MR) is 141 cm³/mol. The zero-order valence-electron chi connectivity index (χ0n) is 22.5. The van der Waals surface area contributed by atoms with Gasteiger partial charge in [0.05, 0.1) is 6.61 Å². The molecule has 0 spiro atoms. The van der Waals surface area contributed by atoms with E-state index < -0.39 is 24.8 Å². The zero-order valence-corrected chi connectivity index (χ0v) is 22.5. The van der Waals surface area contributed by atoms with E-state index in [-0.39, 0.29) is 18.6 Å². The maximum Gasteiger partial charge on any atom is 0.306 e. The average Bonchev–Trinajstić information content (AvgIpc) is 2.84. The molecule has 0 saturated carbocycles. The van der Waals surface area contributed by atoms with Gasteiger partial charge in [-0.3, -0.25) is 9.59 Å². The highest BCUT2D eigenvalue weighted by Gasteiger charge is 2.28. The predicted octanol–water partition coefficient (Wildman–Crippen LogP) is 7.44. The van der Waals surface area contributed by atoms with Gasteiger partial charge in [0.1, 0.15) is 0 Å². The van der Waals surface area contributed by atoms with Gasteiger partial charge in [0.15, 0.2) is 18.0 Å². The van der Waals surface area contributed by atoms with Crippen LogP contribution in [0.4, 0.5) is 0 Å². The van der Waals surface area contributed by atoms with Gasteiger partial charge < -0.3 is 14.9 Å². The number of unbranched alkanes of at least 4 members (excludes halogenated alkanes) is 18. The summed E-state index contributed by atoms with van der Waals surface area (Å²) in [5.41, 5.74) is 0. The fourth-order valence-electron chi connectivity index (χ4n) is 4.33. The van der Waals surface area contributed by atoms with Crippen LogP contribution in [0.5, 0.6) is 0 Å². The van der Waals surface area contributed by atoms with Gasteiger partial charge in [-0.2, -0.15) is 0 Å². The van der Waals surface area contributed by atoms with Crippen molar-refractivity contribution in [3.63, 3.8) is 0 Å². The van der Waals surface area contributed by atoms with Crippen molar-refractivity contribution < 1.29 is 24.5 Å². The molecule has 0 radical (unpaired) electrons. The van der Waals surface area contributed by atoms with Gasteiger partial charge in [0, 0.05) is 12.8 Å². The normalized spacial score (nSPS) is 13.1. The summed E-state index contributed by atoms with van der Waals surface area (Å²) in [5, 5.41) is 19.7. The first kappa shape index (κ1) is 33.1. The number of ketones is 1. The van der Waals surface area contributed by atoms with Crippen molar-refractivity contribution in [2.45, 2.75) is 167 Å². The first-order chi connectivity index (χ1) is 16.6. The lowest BCUT2D eigenvalue weighted by Crippen LogP contribution is -2.40. The third-order valence-corrected chi connectivity index (χ3v) is 6.66. The van der Waals surface area contributed by atoms with Crippen LogP contribution in [0.1, 0.15) is 155 Å². The minimum absolute atomic E-state index is 0.268. The molecule has 5 nitrogen and oxygen atoms in total. The van der Waals surface area contributed by atoms with E-state index in [1.54, 1.807) is 0 Å². The van der Waals surface area contributed by atoms with Gasteiger partial charge in [-0.25, -0.2) is 0 Å². The lowest BCUT2D eigenvalue weighted by Gasteiger charge is -2.20. The van der Waals surface area contributed by atoms with Gasteiger partial charge in [-0.1, -0.05) is 129 Å². The summed E-state index contributed by atoms with van der Waals surface area (Å²) in [4.78, 5) is 24.3. The molecule has 0 aliphatic carbocycles. The number of aliphatic hydroxyl groups is 2. The highest BCUT2D eigenvalue weighted by Crippen LogP contribution is 2.15. The summed E-state index contributed by atoms with van der Waals surface area (Å²) in [6, 6.07) is 0. The van der Waals surface area contributed by atoms with Crippen LogP contribution in [0, 0.1) is 0 Å². The molecular weight excluding hydrogens is 428 g/mol. The van der Waals surface area contributed by atoms with Crippen LogP contribution in [-0.4, -0.2) is 40.8 Å². The summed E-state index contributed by atoms with van der Waals surface area (Å²) in [5.74, 6) is -0.786. The molecule has 0 aromatic carbocycles. The number of ether oxygens (including phenoxy) is 1. The maximum atomic E-state index is 12.3. The molecule has 0 amide bonds. The topological polar surface area (TPSA) is 83.8 Å². The summed E-state index contributed by atoms with van der Waals surface area (Å²) in [6.45, 7) is 3.90. The first-order valence-corrected chi connectivity index (χ1v) is 14.6. The van der Waals surface area contributed by atoms with Gasteiger partial charge in [-0.05, 0) is 12.8 Å². The Balaban J connectivity index is 3.74. The molecule has 5 heteroatoms. The average molecular weight is 485 g/mol. The lowest BCUT2D eigenvalue weighted by molar-refractivity contribution is -0.161. The molecule has 0 aromatic heterocycles. The molecule has 2 atom stereocenters. The van der Waals surface area contributed by atoms with Crippen molar-refractivity contribution >= 4 is 11.8 Å². The smallest absolute Gasteiger partial charge is 0.306 e. The minimum Gasteiger partial charge on any atom is -0.457 e. The first-order valence-electron chi connectivity index (χ1n) is 14.6. The van der Waals surface area contributed by atoms with E-state index in [2.05, 4.69) is 13.8 Å². The Labute approximate surface area is 210 Å². The van der Waals surface area contributed by atoms with E-state index in [1.807, 2.05) is 0 Å². The van der Waals surface area contributed by atoms with Gasteiger partial charge in [0.25, 0.3) is 0 Å². The second-order valence-corrected chi connectivity index (χ2v) is 9.99. The van der Waals surface area contributed by atoms with Crippen LogP contribution in [0.3, 0.4) is 0 Å². The molecule has 202 valence electrons. The van der Waals surface area contributed by atoms with Crippen LogP contribution in [0.2, 0.25) is 0 Å². The second-order valence-electron chi connectivity index (χ2n) is 9.99. The van der Waals surface area contributed by atoms with E-state index in [1.165, 1.54) is 89.9 Å². The summed E-state index contributed by atoms with van der Waals surface area (Å²) in [6.07, 6.45) is 21.7. The quantitative estimate of drug-likeness (QED) is 0.0984. The van der Waals surface area contributed by atoms with Gasteiger partial charge in [0.2, 0.25) is 0 Å². The molecule has 0 bridgehead atoms. The molecule has 0 saturated heterocycles. The molecule has 0 aromatic rings. The van der Waals surface area contributed by atoms with Crippen molar-refractivity contribution in [1.29, 1.82) is 0 Å². The maximum absolute atomic E-state index is 12.3. The van der Waals surface area contributed by atoms with Crippen molar-refractivity contribution in [3.05, 3.63) is 0 Å². The molecule has 34 heavy (non-hydrogen) atoms. The van der Waals surface area contributed by atoms with E-state index >= 15 is 0 Å². The van der Waals surface area contributed by atoms with Gasteiger partial charge >= 0.3 is 5.97 Å². The number of esters is 1. The Morgan fingerprint density at radius 1 is 0.588 bits per heavy atom. The molecule has 2 unspecified atom stereocenters.